The number of Topliss-reactive ketones (excluding diaryl/α,β-unsaturated/α-hetero) is 1. The molecule has 0 aliphatic heterocycles. The lowest BCUT2D eigenvalue weighted by molar-refractivity contribution is 0.101. The normalized spacial score (nSPS) is 10.6. The Morgan fingerprint density at radius 1 is 1.25 bits per heavy atom. The first-order chi connectivity index (χ1) is 9.52. The van der Waals surface area contributed by atoms with E-state index >= 15 is 0 Å². The number of benzene rings is 1. The molecule has 0 unspecified atom stereocenters. The van der Waals surface area contributed by atoms with Gasteiger partial charge in [-0.1, -0.05) is 24.9 Å². The van der Waals surface area contributed by atoms with Gasteiger partial charge in [-0.3, -0.25) is 4.79 Å². The first kappa shape index (κ1) is 14.5. The highest BCUT2D eigenvalue weighted by molar-refractivity contribution is 6.30. The molecule has 4 heteroatoms. The second-order valence-electron chi connectivity index (χ2n) is 4.61. The summed E-state index contributed by atoms with van der Waals surface area (Å²) < 4.78 is 5.26. The largest absolute Gasteiger partial charge is 0.422 e. The Morgan fingerprint density at radius 2 is 1.90 bits per heavy atom. The zero-order chi connectivity index (χ0) is 14.7. The van der Waals surface area contributed by atoms with Crippen molar-refractivity contribution in [3.05, 3.63) is 56.9 Å². The monoisotopic (exact) mass is 290 g/mol. The quantitative estimate of drug-likeness (QED) is 0.796. The summed E-state index contributed by atoms with van der Waals surface area (Å²) in [5.41, 5.74) is 1.08. The van der Waals surface area contributed by atoms with Crippen LogP contribution in [0.5, 0.6) is 0 Å². The molecular formula is C16H15ClO3. The average molecular weight is 291 g/mol. The fourth-order valence-electron chi connectivity index (χ4n) is 2.13. The van der Waals surface area contributed by atoms with E-state index in [9.17, 15) is 9.59 Å². The topological polar surface area (TPSA) is 47.3 Å². The van der Waals surface area contributed by atoms with Crippen LogP contribution in [-0.4, -0.2) is 5.78 Å². The number of rotatable bonds is 4. The van der Waals surface area contributed by atoms with Crippen molar-refractivity contribution >= 4 is 17.4 Å². The van der Waals surface area contributed by atoms with Gasteiger partial charge in [-0.15, -0.1) is 0 Å². The minimum atomic E-state index is -0.576. The second kappa shape index (κ2) is 6.06. The maximum atomic E-state index is 12.0. The molecule has 0 bridgehead atoms. The molecule has 20 heavy (non-hydrogen) atoms. The van der Waals surface area contributed by atoms with Crippen LogP contribution in [0.15, 0.2) is 39.5 Å². The Morgan fingerprint density at radius 3 is 2.45 bits per heavy atom. The smallest absolute Gasteiger partial charge is 0.347 e. The molecule has 0 N–H and O–H groups in total. The summed E-state index contributed by atoms with van der Waals surface area (Å²) in [6, 6.07) is 8.79. The van der Waals surface area contributed by atoms with Crippen molar-refractivity contribution in [1.29, 1.82) is 0 Å². The van der Waals surface area contributed by atoms with Crippen LogP contribution in [-0.2, 0) is 6.42 Å². The van der Waals surface area contributed by atoms with Crippen molar-refractivity contribution in [2.75, 3.05) is 0 Å². The molecule has 0 saturated heterocycles. The lowest BCUT2D eigenvalue weighted by atomic mass is 10.0. The van der Waals surface area contributed by atoms with Gasteiger partial charge in [0.2, 0.25) is 0 Å². The highest BCUT2D eigenvalue weighted by atomic mass is 35.5. The number of aryl methyl sites for hydroxylation is 1. The second-order valence-corrected chi connectivity index (χ2v) is 5.05. The Hall–Kier alpha value is -1.87. The number of carbonyl (C=O) groups excluding carboxylic acids is 1. The summed E-state index contributed by atoms with van der Waals surface area (Å²) in [4.78, 5) is 23.6. The van der Waals surface area contributed by atoms with E-state index in [0.29, 0.717) is 17.2 Å². The summed E-state index contributed by atoms with van der Waals surface area (Å²) in [6.45, 7) is 3.38. The molecule has 0 fully saturated rings. The van der Waals surface area contributed by atoms with Crippen molar-refractivity contribution in [1.82, 2.24) is 0 Å². The molecule has 1 aromatic carbocycles. The molecule has 104 valence electrons. The van der Waals surface area contributed by atoms with E-state index in [2.05, 4.69) is 0 Å². The van der Waals surface area contributed by atoms with Crippen molar-refractivity contribution in [3.63, 3.8) is 0 Å². The van der Waals surface area contributed by atoms with E-state index < -0.39 is 5.63 Å². The van der Waals surface area contributed by atoms with Crippen molar-refractivity contribution in [2.24, 2.45) is 0 Å². The van der Waals surface area contributed by atoms with Gasteiger partial charge in [0.1, 0.15) is 11.3 Å². The van der Waals surface area contributed by atoms with Gasteiger partial charge >= 0.3 is 5.63 Å². The summed E-state index contributed by atoms with van der Waals surface area (Å²) >= 11 is 5.84. The van der Waals surface area contributed by atoms with E-state index in [-0.39, 0.29) is 11.3 Å². The molecule has 1 aromatic heterocycles. The molecule has 0 radical (unpaired) electrons. The first-order valence-corrected chi connectivity index (χ1v) is 6.84. The standard InChI is InChI=1S/C16H15ClO3/c1-3-4-12-9-14(11-5-7-13(17)8-6-11)20-16(19)15(12)10(2)18/h5-9H,3-4H2,1-2H3. The van der Waals surface area contributed by atoms with Crippen LogP contribution in [0.3, 0.4) is 0 Å². The van der Waals surface area contributed by atoms with Crippen LogP contribution in [0.2, 0.25) is 5.02 Å². The fourth-order valence-corrected chi connectivity index (χ4v) is 2.26. The number of hydrogen-bond donors (Lipinski definition) is 0. The van der Waals surface area contributed by atoms with Crippen LogP contribution in [0.1, 0.15) is 36.2 Å². The predicted octanol–water partition coefficient (Wildman–Crippen LogP) is 4.12. The zero-order valence-electron chi connectivity index (χ0n) is 11.4. The van der Waals surface area contributed by atoms with Gasteiger partial charge in [-0.25, -0.2) is 4.79 Å². The third-order valence-corrected chi connectivity index (χ3v) is 3.29. The summed E-state index contributed by atoms with van der Waals surface area (Å²) in [5.74, 6) is 0.199. The van der Waals surface area contributed by atoms with Gasteiger partial charge in [0.15, 0.2) is 5.78 Å². The van der Waals surface area contributed by atoms with E-state index in [1.807, 2.05) is 6.92 Å². The molecular weight excluding hydrogens is 276 g/mol. The first-order valence-electron chi connectivity index (χ1n) is 6.46. The third kappa shape index (κ3) is 2.99. The van der Waals surface area contributed by atoms with Crippen LogP contribution in [0, 0.1) is 0 Å². The summed E-state index contributed by atoms with van der Waals surface area (Å²) in [7, 11) is 0. The lowest BCUT2D eigenvalue weighted by Gasteiger charge is -2.07. The van der Waals surface area contributed by atoms with Gasteiger partial charge in [0, 0.05) is 10.6 Å². The van der Waals surface area contributed by atoms with Crippen LogP contribution >= 0.6 is 11.6 Å². The predicted molar refractivity (Wildman–Crippen MR) is 79.4 cm³/mol. The van der Waals surface area contributed by atoms with Gasteiger partial charge in [0.05, 0.1) is 0 Å². The molecule has 0 aliphatic rings. The average Bonchev–Trinajstić information content (AvgIpc) is 2.38. The molecule has 0 spiro atoms. The van der Waals surface area contributed by atoms with Crippen LogP contribution < -0.4 is 5.63 Å². The SMILES string of the molecule is CCCc1cc(-c2ccc(Cl)cc2)oc(=O)c1C(C)=O. The maximum Gasteiger partial charge on any atom is 0.347 e. The summed E-state index contributed by atoms with van der Waals surface area (Å²) in [6.07, 6.45) is 1.52. The highest BCUT2D eigenvalue weighted by Gasteiger charge is 2.16. The summed E-state index contributed by atoms with van der Waals surface area (Å²) in [5, 5.41) is 0.616. The van der Waals surface area contributed by atoms with Crippen molar-refractivity contribution in [2.45, 2.75) is 26.7 Å². The van der Waals surface area contributed by atoms with Crippen LogP contribution in [0.25, 0.3) is 11.3 Å². The van der Waals surface area contributed by atoms with E-state index in [0.717, 1.165) is 17.5 Å². The minimum absolute atomic E-state index is 0.157. The van der Waals surface area contributed by atoms with E-state index in [4.69, 9.17) is 16.0 Å². The van der Waals surface area contributed by atoms with E-state index in [1.54, 1.807) is 30.3 Å². The Balaban J connectivity index is 2.59. The molecule has 3 nitrogen and oxygen atoms in total. The molecule has 0 aliphatic carbocycles. The zero-order valence-corrected chi connectivity index (χ0v) is 12.2. The maximum absolute atomic E-state index is 12.0. The fraction of sp³-hybridized carbons (Fsp3) is 0.250. The Kier molecular flexibility index (Phi) is 4.40. The Labute approximate surface area is 122 Å². The molecule has 2 rings (SSSR count). The third-order valence-electron chi connectivity index (χ3n) is 3.03. The van der Waals surface area contributed by atoms with Gasteiger partial charge < -0.3 is 4.42 Å². The van der Waals surface area contributed by atoms with Crippen molar-refractivity contribution < 1.29 is 9.21 Å². The minimum Gasteiger partial charge on any atom is -0.422 e. The molecule has 1 heterocycles. The van der Waals surface area contributed by atoms with Gasteiger partial charge in [-0.05, 0) is 49.2 Å². The van der Waals surface area contributed by atoms with Crippen molar-refractivity contribution in [3.8, 4) is 11.3 Å². The Bertz CT molecular complexity index is 684. The van der Waals surface area contributed by atoms with Gasteiger partial charge in [0.25, 0.3) is 0 Å². The number of ketones is 1. The van der Waals surface area contributed by atoms with Crippen LogP contribution in [0.4, 0.5) is 0 Å². The lowest BCUT2D eigenvalue weighted by Crippen LogP contribution is -2.15. The highest BCUT2D eigenvalue weighted by Crippen LogP contribution is 2.23. The number of halogens is 1. The van der Waals surface area contributed by atoms with E-state index in [1.165, 1.54) is 6.92 Å². The molecule has 0 atom stereocenters. The molecule has 0 saturated carbocycles. The number of carbonyl (C=O) groups is 1. The number of hydrogen-bond acceptors (Lipinski definition) is 3. The molecule has 2 aromatic rings. The van der Waals surface area contributed by atoms with Gasteiger partial charge in [-0.2, -0.15) is 0 Å². The molecule has 0 amide bonds.